The van der Waals surface area contributed by atoms with Crippen molar-refractivity contribution in [3.05, 3.63) is 77.0 Å². The van der Waals surface area contributed by atoms with E-state index in [2.05, 4.69) is 15.2 Å². The first-order valence-electron chi connectivity index (χ1n) is 11.7. The van der Waals surface area contributed by atoms with Gasteiger partial charge in [-0.2, -0.15) is 0 Å². The van der Waals surface area contributed by atoms with E-state index in [9.17, 15) is 9.59 Å². The Bertz CT molecular complexity index is 1080. The first kappa shape index (κ1) is 23.5. The number of carbonyl (C=O) groups is 2. The number of hydrogen-bond donors (Lipinski definition) is 2. The summed E-state index contributed by atoms with van der Waals surface area (Å²) in [5, 5.41) is 11.9. The van der Waals surface area contributed by atoms with Crippen molar-refractivity contribution in [3.8, 4) is 0 Å². The molecular formula is C27H31N3O4. The summed E-state index contributed by atoms with van der Waals surface area (Å²) < 4.78 is 5.61. The minimum atomic E-state index is -0.821. The van der Waals surface area contributed by atoms with E-state index < -0.39 is 12.1 Å². The number of hydrogen-bond acceptors (Lipinski definition) is 5. The van der Waals surface area contributed by atoms with Gasteiger partial charge in [0.2, 0.25) is 0 Å². The van der Waals surface area contributed by atoms with Gasteiger partial charge < -0.3 is 14.7 Å². The van der Waals surface area contributed by atoms with Crippen molar-refractivity contribution in [2.24, 2.45) is 10.9 Å². The Labute approximate surface area is 200 Å². The van der Waals surface area contributed by atoms with Crippen molar-refractivity contribution in [2.75, 3.05) is 24.5 Å². The molecule has 0 spiro atoms. The van der Waals surface area contributed by atoms with Crippen LogP contribution in [0.2, 0.25) is 0 Å². The predicted molar refractivity (Wildman–Crippen MR) is 132 cm³/mol. The van der Waals surface area contributed by atoms with Crippen LogP contribution in [-0.2, 0) is 16.0 Å². The van der Waals surface area contributed by atoms with Gasteiger partial charge in [0.1, 0.15) is 6.10 Å². The van der Waals surface area contributed by atoms with Gasteiger partial charge >= 0.3 is 12.1 Å². The maximum absolute atomic E-state index is 12.6. The number of aliphatic imine (C=N–C) groups is 1. The average molecular weight is 462 g/mol. The van der Waals surface area contributed by atoms with E-state index in [1.54, 1.807) is 0 Å². The number of nitrogens with one attached hydrogen (secondary N) is 1. The van der Waals surface area contributed by atoms with Gasteiger partial charge in [-0.3, -0.25) is 15.1 Å². The molecule has 1 atom stereocenters. The number of aliphatic carboxylic acids is 1. The fourth-order valence-corrected chi connectivity index (χ4v) is 4.67. The first-order valence-corrected chi connectivity index (χ1v) is 11.7. The van der Waals surface area contributed by atoms with Crippen LogP contribution in [0.15, 0.2) is 70.9 Å². The molecule has 0 aromatic heterocycles. The van der Waals surface area contributed by atoms with Crippen LogP contribution in [0.25, 0.3) is 0 Å². The Morgan fingerprint density at radius 3 is 2.44 bits per heavy atom. The fourth-order valence-electron chi connectivity index (χ4n) is 4.67. The van der Waals surface area contributed by atoms with E-state index in [0.29, 0.717) is 12.5 Å². The molecule has 2 N–H and O–H groups in total. The number of carbonyl (C=O) groups excluding carboxylic acids is 1. The van der Waals surface area contributed by atoms with Gasteiger partial charge in [-0.25, -0.2) is 4.79 Å². The van der Waals surface area contributed by atoms with E-state index in [0.717, 1.165) is 54.2 Å². The number of benzene rings is 2. The summed E-state index contributed by atoms with van der Waals surface area (Å²) in [4.78, 5) is 30.4. The highest BCUT2D eigenvalue weighted by atomic mass is 16.6. The molecule has 0 saturated carbocycles. The lowest BCUT2D eigenvalue weighted by Crippen LogP contribution is -2.36. The molecule has 2 aromatic rings. The third kappa shape index (κ3) is 5.65. The molecule has 1 unspecified atom stereocenters. The van der Waals surface area contributed by atoms with Crippen LogP contribution < -0.4 is 10.2 Å². The molecule has 4 rings (SSSR count). The molecule has 1 amide bonds. The molecule has 2 aliphatic heterocycles. The highest BCUT2D eigenvalue weighted by Crippen LogP contribution is 2.32. The van der Waals surface area contributed by atoms with E-state index in [1.165, 1.54) is 5.57 Å². The molecule has 2 heterocycles. The van der Waals surface area contributed by atoms with Gasteiger partial charge in [-0.15, -0.1) is 0 Å². The molecule has 2 aromatic carbocycles. The molecule has 7 heteroatoms. The maximum Gasteiger partial charge on any atom is 0.412 e. The van der Waals surface area contributed by atoms with Gasteiger partial charge in [0.25, 0.3) is 0 Å². The van der Waals surface area contributed by atoms with Crippen molar-refractivity contribution in [2.45, 2.75) is 39.2 Å². The van der Waals surface area contributed by atoms with Crippen LogP contribution in [0.4, 0.5) is 10.5 Å². The predicted octanol–water partition coefficient (Wildman–Crippen LogP) is 4.75. The Balaban J connectivity index is 1.36. The molecule has 1 saturated heterocycles. The number of alkyl carbamates (subject to hydrolysis) is 1. The van der Waals surface area contributed by atoms with Gasteiger partial charge in [-0.05, 0) is 61.4 Å². The molecule has 178 valence electrons. The number of rotatable bonds is 7. The van der Waals surface area contributed by atoms with Crippen LogP contribution in [0.1, 0.15) is 43.9 Å². The zero-order chi connectivity index (χ0) is 24.1. The minimum absolute atomic E-state index is 0.0399. The second-order valence-corrected chi connectivity index (χ2v) is 8.88. The molecule has 0 bridgehead atoms. The lowest BCUT2D eigenvalue weighted by molar-refractivity contribution is -0.136. The summed E-state index contributed by atoms with van der Waals surface area (Å²) in [6.45, 7) is 6.20. The average Bonchev–Trinajstić information content (AvgIpc) is 3.19. The summed E-state index contributed by atoms with van der Waals surface area (Å²) in [6, 6.07) is 17.4. The highest BCUT2D eigenvalue weighted by molar-refractivity contribution is 6.03. The number of anilines is 1. The summed E-state index contributed by atoms with van der Waals surface area (Å²) in [7, 11) is 0. The number of piperidine rings is 1. The number of carboxylic acids is 1. The van der Waals surface area contributed by atoms with Gasteiger partial charge in [-0.1, -0.05) is 42.5 Å². The van der Waals surface area contributed by atoms with Crippen molar-refractivity contribution >= 4 is 23.5 Å². The molecule has 0 aliphatic carbocycles. The molecule has 34 heavy (non-hydrogen) atoms. The fraction of sp³-hybridized carbons (Fsp3) is 0.370. The Hall–Kier alpha value is -3.61. The normalized spacial score (nSPS) is 17.4. The van der Waals surface area contributed by atoms with E-state index in [1.807, 2.05) is 68.4 Å². The molecular weight excluding hydrogens is 430 g/mol. The summed E-state index contributed by atoms with van der Waals surface area (Å²) in [5.41, 5.74) is 5.69. The van der Waals surface area contributed by atoms with Gasteiger partial charge in [0, 0.05) is 18.8 Å². The minimum Gasteiger partial charge on any atom is -0.481 e. The van der Waals surface area contributed by atoms with Crippen molar-refractivity contribution < 1.29 is 19.4 Å². The topological polar surface area (TPSA) is 91.2 Å². The summed E-state index contributed by atoms with van der Waals surface area (Å²) in [5.74, 6) is -0.468. The van der Waals surface area contributed by atoms with Crippen molar-refractivity contribution in [3.63, 3.8) is 0 Å². The molecule has 2 aliphatic rings. The number of amides is 1. The summed E-state index contributed by atoms with van der Waals surface area (Å²) >= 11 is 0. The standard InChI is InChI=1S/C27H31N3O4/c1-18-26(29-27(33)34-19(2)21-6-4-3-5-7-21)24(17-28-18)22-12-14-30(15-13-22)23-10-8-20(9-11-23)16-25(31)32/h3-11,19,22H,12-17H2,1-2H3,(H,29,33)(H,31,32). The largest absolute Gasteiger partial charge is 0.481 e. The van der Waals surface area contributed by atoms with Crippen molar-refractivity contribution in [1.29, 1.82) is 0 Å². The van der Waals surface area contributed by atoms with E-state index in [4.69, 9.17) is 9.84 Å². The zero-order valence-corrected chi connectivity index (χ0v) is 19.7. The zero-order valence-electron chi connectivity index (χ0n) is 19.7. The Morgan fingerprint density at radius 1 is 1.12 bits per heavy atom. The monoisotopic (exact) mass is 461 g/mol. The lowest BCUT2D eigenvalue weighted by Gasteiger charge is -2.34. The van der Waals surface area contributed by atoms with Crippen LogP contribution in [0.3, 0.4) is 0 Å². The highest BCUT2D eigenvalue weighted by Gasteiger charge is 2.29. The quantitative estimate of drug-likeness (QED) is 0.621. The van der Waals surface area contributed by atoms with E-state index in [-0.39, 0.29) is 12.5 Å². The molecule has 1 fully saturated rings. The lowest BCUT2D eigenvalue weighted by atomic mass is 9.87. The van der Waals surface area contributed by atoms with Gasteiger partial charge in [0.05, 0.1) is 24.4 Å². The Morgan fingerprint density at radius 2 is 1.79 bits per heavy atom. The van der Waals surface area contributed by atoms with Crippen LogP contribution in [0.5, 0.6) is 0 Å². The third-order valence-electron chi connectivity index (χ3n) is 6.59. The van der Waals surface area contributed by atoms with E-state index >= 15 is 0 Å². The second kappa shape index (κ2) is 10.5. The number of ether oxygens (including phenoxy) is 1. The first-order chi connectivity index (χ1) is 16.4. The third-order valence-corrected chi connectivity index (χ3v) is 6.59. The van der Waals surface area contributed by atoms with Crippen LogP contribution in [-0.4, -0.2) is 42.5 Å². The SMILES string of the molecule is CC1=NCC(C2CCN(c3ccc(CC(=O)O)cc3)CC2)=C1NC(=O)OC(C)c1ccccc1. The summed E-state index contributed by atoms with van der Waals surface area (Å²) in [6.07, 6.45) is 1.18. The van der Waals surface area contributed by atoms with Crippen LogP contribution in [0, 0.1) is 5.92 Å². The van der Waals surface area contributed by atoms with Crippen LogP contribution >= 0.6 is 0 Å². The second-order valence-electron chi connectivity index (χ2n) is 8.88. The van der Waals surface area contributed by atoms with Gasteiger partial charge in [0.15, 0.2) is 0 Å². The Kier molecular flexibility index (Phi) is 7.30. The number of allylic oxidation sites excluding steroid dienone is 1. The number of nitrogens with zero attached hydrogens (tertiary/aromatic N) is 2. The molecule has 7 nitrogen and oxygen atoms in total. The number of carboxylic acid groups (broad SMARTS) is 1. The molecule has 0 radical (unpaired) electrons. The van der Waals surface area contributed by atoms with Crippen molar-refractivity contribution in [1.82, 2.24) is 5.32 Å². The maximum atomic E-state index is 12.6. The smallest absolute Gasteiger partial charge is 0.412 e.